The molecule has 1 aliphatic rings. The number of hydrogen-bond acceptors (Lipinski definition) is 2. The normalized spacial score (nSPS) is 14.8. The summed E-state index contributed by atoms with van der Waals surface area (Å²) in [6.45, 7) is 1.85. The van der Waals surface area contributed by atoms with E-state index >= 15 is 0 Å². The smallest absolute Gasteiger partial charge is 0.227 e. The molecule has 2 nitrogen and oxygen atoms in total. The van der Waals surface area contributed by atoms with E-state index in [1.807, 2.05) is 29.2 Å². The first kappa shape index (κ1) is 13.7. The molecule has 1 fully saturated rings. The summed E-state index contributed by atoms with van der Waals surface area (Å²) < 4.78 is 0. The number of rotatable bonds is 3. The quantitative estimate of drug-likeness (QED) is 0.831. The Morgan fingerprint density at radius 1 is 1.10 bits per heavy atom. The maximum absolute atomic E-state index is 12.1. The Labute approximate surface area is 128 Å². The molecule has 4 heteroatoms. The second-order valence-electron chi connectivity index (χ2n) is 5.04. The van der Waals surface area contributed by atoms with E-state index in [4.69, 9.17) is 11.6 Å². The lowest BCUT2D eigenvalue weighted by Gasteiger charge is -2.14. The van der Waals surface area contributed by atoms with Crippen LogP contribution in [0.1, 0.15) is 17.7 Å². The molecule has 2 aromatic rings. The molecule has 104 valence electrons. The molecule has 3 rings (SSSR count). The van der Waals surface area contributed by atoms with E-state index in [0.717, 1.165) is 41.4 Å². The third-order valence-corrected chi connectivity index (χ3v) is 4.96. The van der Waals surface area contributed by atoms with Gasteiger partial charge in [-0.2, -0.15) is 0 Å². The number of amides is 1. The van der Waals surface area contributed by atoms with E-state index in [2.05, 4.69) is 12.1 Å². The average molecular weight is 306 g/mol. The number of carbonyl (C=O) groups is 1. The van der Waals surface area contributed by atoms with E-state index in [-0.39, 0.29) is 5.91 Å². The molecule has 0 N–H and O–H groups in total. The van der Waals surface area contributed by atoms with Crippen LogP contribution >= 0.6 is 22.9 Å². The summed E-state index contributed by atoms with van der Waals surface area (Å²) in [4.78, 5) is 16.4. The Hall–Kier alpha value is -1.32. The van der Waals surface area contributed by atoms with Gasteiger partial charge in [0.05, 0.1) is 6.42 Å². The lowest BCUT2D eigenvalue weighted by molar-refractivity contribution is -0.129. The minimum absolute atomic E-state index is 0.256. The number of hydrogen-bond donors (Lipinski definition) is 0. The van der Waals surface area contributed by atoms with Crippen molar-refractivity contribution in [2.45, 2.75) is 19.3 Å². The first-order valence-electron chi connectivity index (χ1n) is 6.85. The van der Waals surface area contributed by atoms with Crippen molar-refractivity contribution in [2.24, 2.45) is 0 Å². The van der Waals surface area contributed by atoms with Crippen LogP contribution in [-0.2, 0) is 11.2 Å². The number of thiophene rings is 1. The van der Waals surface area contributed by atoms with E-state index in [1.54, 1.807) is 11.3 Å². The second kappa shape index (κ2) is 5.98. The number of likely N-dealkylation sites (tertiary alicyclic amines) is 1. The molecule has 0 aliphatic carbocycles. The van der Waals surface area contributed by atoms with Crippen molar-refractivity contribution in [1.29, 1.82) is 0 Å². The van der Waals surface area contributed by atoms with Crippen LogP contribution in [0, 0.1) is 0 Å². The lowest BCUT2D eigenvalue weighted by atomic mass is 10.2. The second-order valence-corrected chi connectivity index (χ2v) is 6.64. The number of halogens is 1. The molecular formula is C16H16ClNOS. The van der Waals surface area contributed by atoms with Crippen molar-refractivity contribution in [3.8, 4) is 10.4 Å². The molecule has 0 spiro atoms. The number of carbonyl (C=O) groups excluding carboxylic acids is 1. The molecule has 1 aliphatic heterocycles. The molecule has 1 aromatic carbocycles. The highest BCUT2D eigenvalue weighted by atomic mass is 35.5. The van der Waals surface area contributed by atoms with Gasteiger partial charge in [-0.05, 0) is 42.7 Å². The lowest BCUT2D eigenvalue weighted by Crippen LogP contribution is -2.28. The summed E-state index contributed by atoms with van der Waals surface area (Å²) in [7, 11) is 0. The van der Waals surface area contributed by atoms with Crippen LogP contribution in [0.2, 0.25) is 5.02 Å². The Bertz CT molecular complexity index is 599. The molecule has 1 amide bonds. The van der Waals surface area contributed by atoms with E-state index in [1.165, 1.54) is 4.88 Å². The van der Waals surface area contributed by atoms with Gasteiger partial charge in [-0.1, -0.05) is 23.7 Å². The van der Waals surface area contributed by atoms with Gasteiger partial charge in [0.2, 0.25) is 5.91 Å². The van der Waals surface area contributed by atoms with E-state index in [0.29, 0.717) is 6.42 Å². The van der Waals surface area contributed by atoms with Gasteiger partial charge >= 0.3 is 0 Å². The van der Waals surface area contributed by atoms with Crippen LogP contribution in [-0.4, -0.2) is 23.9 Å². The van der Waals surface area contributed by atoms with Crippen molar-refractivity contribution in [2.75, 3.05) is 13.1 Å². The first-order chi connectivity index (χ1) is 9.72. The summed E-state index contributed by atoms with van der Waals surface area (Å²) in [5.74, 6) is 0.256. The van der Waals surface area contributed by atoms with Gasteiger partial charge in [-0.3, -0.25) is 4.79 Å². The Morgan fingerprint density at radius 3 is 2.50 bits per heavy atom. The molecule has 2 heterocycles. The standard InChI is InChI=1S/C16H16ClNOS/c17-13-5-3-12(4-6-13)15-8-7-14(20-15)11-16(19)18-9-1-2-10-18/h3-8H,1-2,9-11H2. The fraction of sp³-hybridized carbons (Fsp3) is 0.312. The van der Waals surface area contributed by atoms with Crippen LogP contribution in [0.4, 0.5) is 0 Å². The fourth-order valence-electron chi connectivity index (χ4n) is 2.47. The van der Waals surface area contributed by atoms with Gasteiger partial charge in [0, 0.05) is 27.9 Å². The van der Waals surface area contributed by atoms with Gasteiger partial charge in [0.15, 0.2) is 0 Å². The van der Waals surface area contributed by atoms with Crippen LogP contribution in [0.5, 0.6) is 0 Å². The van der Waals surface area contributed by atoms with Gasteiger partial charge in [0.25, 0.3) is 0 Å². The SMILES string of the molecule is O=C(Cc1ccc(-c2ccc(Cl)cc2)s1)N1CCCC1. The van der Waals surface area contributed by atoms with Gasteiger partial charge in [-0.25, -0.2) is 0 Å². The molecule has 1 aromatic heterocycles. The monoisotopic (exact) mass is 305 g/mol. The zero-order chi connectivity index (χ0) is 13.9. The largest absolute Gasteiger partial charge is 0.342 e. The third kappa shape index (κ3) is 3.05. The molecule has 0 unspecified atom stereocenters. The van der Waals surface area contributed by atoms with Crippen LogP contribution in [0.15, 0.2) is 36.4 Å². The minimum Gasteiger partial charge on any atom is -0.342 e. The molecule has 0 bridgehead atoms. The number of benzene rings is 1. The molecule has 1 saturated heterocycles. The van der Waals surface area contributed by atoms with Crippen molar-refractivity contribution in [1.82, 2.24) is 4.90 Å². The summed E-state index contributed by atoms with van der Waals surface area (Å²) >= 11 is 7.59. The van der Waals surface area contributed by atoms with Crippen molar-refractivity contribution >= 4 is 28.8 Å². The van der Waals surface area contributed by atoms with Gasteiger partial charge in [0.1, 0.15) is 0 Å². The predicted octanol–water partition coefficient (Wildman–Crippen LogP) is 4.23. The molecule has 0 radical (unpaired) electrons. The summed E-state index contributed by atoms with van der Waals surface area (Å²) in [6.07, 6.45) is 2.82. The summed E-state index contributed by atoms with van der Waals surface area (Å²) in [5, 5.41) is 0.745. The molecular weight excluding hydrogens is 290 g/mol. The zero-order valence-electron chi connectivity index (χ0n) is 11.1. The van der Waals surface area contributed by atoms with Crippen molar-refractivity contribution in [3.05, 3.63) is 46.3 Å². The predicted molar refractivity (Wildman–Crippen MR) is 84.3 cm³/mol. The molecule has 0 saturated carbocycles. The Balaban J connectivity index is 1.70. The van der Waals surface area contributed by atoms with Crippen molar-refractivity contribution in [3.63, 3.8) is 0 Å². The topological polar surface area (TPSA) is 20.3 Å². The Morgan fingerprint density at radius 2 is 1.80 bits per heavy atom. The highest BCUT2D eigenvalue weighted by molar-refractivity contribution is 7.15. The fourth-order valence-corrected chi connectivity index (χ4v) is 3.60. The van der Waals surface area contributed by atoms with Gasteiger partial charge < -0.3 is 4.90 Å². The molecule has 0 atom stereocenters. The highest BCUT2D eigenvalue weighted by Crippen LogP contribution is 2.29. The minimum atomic E-state index is 0.256. The van der Waals surface area contributed by atoms with Crippen LogP contribution in [0.25, 0.3) is 10.4 Å². The van der Waals surface area contributed by atoms with Crippen LogP contribution < -0.4 is 0 Å². The zero-order valence-corrected chi connectivity index (χ0v) is 12.7. The summed E-state index contributed by atoms with van der Waals surface area (Å²) in [5.41, 5.74) is 1.15. The maximum atomic E-state index is 12.1. The van der Waals surface area contributed by atoms with E-state index < -0.39 is 0 Å². The first-order valence-corrected chi connectivity index (χ1v) is 8.04. The molecule has 20 heavy (non-hydrogen) atoms. The average Bonchev–Trinajstić information content (AvgIpc) is 3.10. The highest BCUT2D eigenvalue weighted by Gasteiger charge is 2.18. The van der Waals surface area contributed by atoms with E-state index in [9.17, 15) is 4.79 Å². The van der Waals surface area contributed by atoms with Gasteiger partial charge in [-0.15, -0.1) is 11.3 Å². The third-order valence-electron chi connectivity index (χ3n) is 3.57. The summed E-state index contributed by atoms with van der Waals surface area (Å²) in [6, 6.07) is 12.0. The van der Waals surface area contributed by atoms with Crippen LogP contribution in [0.3, 0.4) is 0 Å². The Kier molecular flexibility index (Phi) is 4.08. The van der Waals surface area contributed by atoms with Crippen molar-refractivity contribution < 1.29 is 4.79 Å². The maximum Gasteiger partial charge on any atom is 0.227 e. The number of nitrogens with zero attached hydrogens (tertiary/aromatic N) is 1.